The predicted molar refractivity (Wildman–Crippen MR) is 129 cm³/mol. The van der Waals surface area contributed by atoms with Crippen LogP contribution in [0.3, 0.4) is 0 Å². The molecule has 1 fully saturated rings. The van der Waals surface area contributed by atoms with E-state index in [1.807, 2.05) is 30.3 Å². The fourth-order valence-electron chi connectivity index (χ4n) is 4.34. The molecule has 170 valence electrons. The highest BCUT2D eigenvalue weighted by Gasteiger charge is 2.19. The smallest absolute Gasteiger partial charge is 0.224 e. The Hall–Kier alpha value is -2.70. The Labute approximate surface area is 194 Å². The van der Waals surface area contributed by atoms with Crippen molar-refractivity contribution in [1.82, 2.24) is 4.90 Å². The minimum Gasteiger partial charge on any atom is -0.516 e. The number of ether oxygens (including phenoxy) is 1. The Kier molecular flexibility index (Phi) is 7.55. The van der Waals surface area contributed by atoms with Crippen LogP contribution < -0.4 is 15.0 Å². The van der Waals surface area contributed by atoms with E-state index in [0.717, 1.165) is 73.9 Å². The van der Waals surface area contributed by atoms with Crippen molar-refractivity contribution in [3.8, 4) is 5.75 Å². The van der Waals surface area contributed by atoms with E-state index in [2.05, 4.69) is 27.2 Å². The monoisotopic (exact) mass is 455 g/mol. The molecule has 2 aliphatic heterocycles. The van der Waals surface area contributed by atoms with Gasteiger partial charge in [0.2, 0.25) is 5.91 Å². The van der Waals surface area contributed by atoms with Gasteiger partial charge in [0.1, 0.15) is 5.75 Å². The molecular weight excluding hydrogens is 426 g/mol. The van der Waals surface area contributed by atoms with Crippen LogP contribution in [-0.4, -0.2) is 55.2 Å². The molecule has 2 aromatic carbocycles. The number of nitrogens with zero attached hydrogens (tertiary/aromatic N) is 2. The number of fused-ring (bicyclic) bond motifs is 1. The number of benzene rings is 2. The molecule has 2 aromatic rings. The molecule has 0 bridgehead atoms. The van der Waals surface area contributed by atoms with Crippen LogP contribution >= 0.6 is 11.6 Å². The number of aliphatic hydroxyl groups excluding tert-OH is 1. The largest absolute Gasteiger partial charge is 0.516 e. The molecule has 0 aromatic heterocycles. The summed E-state index contributed by atoms with van der Waals surface area (Å²) in [5.74, 6) is 0.935. The average Bonchev–Trinajstić information content (AvgIpc) is 3.04. The van der Waals surface area contributed by atoms with Crippen LogP contribution in [0.2, 0.25) is 5.02 Å². The van der Waals surface area contributed by atoms with E-state index in [1.165, 1.54) is 5.69 Å². The predicted octanol–water partition coefficient (Wildman–Crippen LogP) is 4.50. The molecule has 0 radical (unpaired) electrons. The molecule has 0 saturated carbocycles. The summed E-state index contributed by atoms with van der Waals surface area (Å²) in [5.41, 5.74) is 3.18. The average molecular weight is 456 g/mol. The topological polar surface area (TPSA) is 65.0 Å². The maximum atomic E-state index is 11.5. The normalized spacial score (nSPS) is 18.2. The lowest BCUT2D eigenvalue weighted by Crippen LogP contribution is -2.35. The van der Waals surface area contributed by atoms with E-state index in [-0.39, 0.29) is 11.8 Å². The van der Waals surface area contributed by atoms with Crippen LogP contribution in [0.4, 0.5) is 11.4 Å². The molecule has 2 N–H and O–H groups in total. The van der Waals surface area contributed by atoms with E-state index in [0.29, 0.717) is 13.0 Å². The van der Waals surface area contributed by atoms with E-state index in [9.17, 15) is 9.90 Å². The van der Waals surface area contributed by atoms with Gasteiger partial charge in [-0.25, -0.2) is 0 Å². The number of carbonyl (C=O) groups excluding carboxylic acids is 1. The summed E-state index contributed by atoms with van der Waals surface area (Å²) in [7, 11) is 0. The van der Waals surface area contributed by atoms with Gasteiger partial charge in [-0.05, 0) is 73.5 Å². The number of hydrogen-bond acceptors (Lipinski definition) is 5. The van der Waals surface area contributed by atoms with Crippen LogP contribution in [-0.2, 0) is 11.2 Å². The summed E-state index contributed by atoms with van der Waals surface area (Å²) < 4.78 is 6.06. The highest BCUT2D eigenvalue weighted by Crippen LogP contribution is 2.27. The zero-order valence-electron chi connectivity index (χ0n) is 18.2. The number of aliphatic hydroxyl groups is 1. The van der Waals surface area contributed by atoms with Crippen molar-refractivity contribution in [2.75, 3.05) is 49.5 Å². The van der Waals surface area contributed by atoms with Crippen molar-refractivity contribution in [2.24, 2.45) is 5.92 Å². The van der Waals surface area contributed by atoms with E-state index in [4.69, 9.17) is 16.3 Å². The number of hydrogen-bond donors (Lipinski definition) is 2. The van der Waals surface area contributed by atoms with Gasteiger partial charge >= 0.3 is 0 Å². The Balaban J connectivity index is 1.31. The van der Waals surface area contributed by atoms with E-state index in [1.54, 1.807) is 6.08 Å². The third-order valence-corrected chi connectivity index (χ3v) is 6.32. The van der Waals surface area contributed by atoms with Crippen LogP contribution in [0.15, 0.2) is 54.8 Å². The summed E-state index contributed by atoms with van der Waals surface area (Å²) in [6.07, 6.45) is 5.24. The lowest BCUT2D eigenvalue weighted by molar-refractivity contribution is -0.116. The van der Waals surface area contributed by atoms with Crippen molar-refractivity contribution >= 4 is 28.9 Å². The molecule has 2 heterocycles. The molecule has 1 saturated heterocycles. The number of amides is 1. The second kappa shape index (κ2) is 10.7. The number of rotatable bonds is 7. The van der Waals surface area contributed by atoms with Crippen LogP contribution in [0.5, 0.6) is 5.75 Å². The first-order chi connectivity index (χ1) is 15.6. The summed E-state index contributed by atoms with van der Waals surface area (Å²) in [6.45, 7) is 5.25. The Morgan fingerprint density at radius 2 is 1.94 bits per heavy atom. The molecule has 1 unspecified atom stereocenters. The second-order valence-electron chi connectivity index (χ2n) is 8.40. The zero-order chi connectivity index (χ0) is 22.3. The first-order valence-electron chi connectivity index (χ1n) is 11.2. The third-order valence-electron chi connectivity index (χ3n) is 6.07. The summed E-state index contributed by atoms with van der Waals surface area (Å²) in [5, 5.41) is 13.1. The van der Waals surface area contributed by atoms with Gasteiger partial charge in [-0.15, -0.1) is 0 Å². The highest BCUT2D eigenvalue weighted by molar-refractivity contribution is 6.30. The van der Waals surface area contributed by atoms with Gasteiger partial charge in [0, 0.05) is 54.9 Å². The Bertz CT molecular complexity index is 948. The minimum absolute atomic E-state index is 0.0615. The quantitative estimate of drug-likeness (QED) is 0.601. The van der Waals surface area contributed by atoms with Gasteiger partial charge in [-0.2, -0.15) is 0 Å². The molecule has 0 spiro atoms. The van der Waals surface area contributed by atoms with Gasteiger partial charge in [-0.1, -0.05) is 11.6 Å². The third kappa shape index (κ3) is 5.96. The van der Waals surface area contributed by atoms with Crippen molar-refractivity contribution in [1.29, 1.82) is 0 Å². The van der Waals surface area contributed by atoms with E-state index < -0.39 is 0 Å². The number of carbonyl (C=O) groups is 1. The van der Waals surface area contributed by atoms with Gasteiger partial charge < -0.3 is 25.0 Å². The molecule has 0 aliphatic carbocycles. The first-order valence-corrected chi connectivity index (χ1v) is 11.6. The summed E-state index contributed by atoms with van der Waals surface area (Å²) >= 11 is 6.03. The second-order valence-corrected chi connectivity index (χ2v) is 8.83. The lowest BCUT2D eigenvalue weighted by Gasteiger charge is -2.26. The molecule has 6 nitrogen and oxygen atoms in total. The van der Waals surface area contributed by atoms with Crippen molar-refractivity contribution in [3.63, 3.8) is 0 Å². The van der Waals surface area contributed by atoms with Gasteiger partial charge in [0.25, 0.3) is 0 Å². The Morgan fingerprint density at radius 1 is 1.09 bits per heavy atom. The number of aryl methyl sites for hydroxylation is 1. The maximum Gasteiger partial charge on any atom is 0.224 e. The van der Waals surface area contributed by atoms with E-state index >= 15 is 0 Å². The SMILES string of the molecule is O=C1CCc2cc(OCC(C=CO)CN3CCCN(c4ccc(Cl)cc4)CC3)ccc2N1. The minimum atomic E-state index is 0.0615. The Morgan fingerprint density at radius 3 is 2.75 bits per heavy atom. The van der Waals surface area contributed by atoms with Gasteiger partial charge in [0.15, 0.2) is 0 Å². The van der Waals surface area contributed by atoms with Crippen LogP contribution in [0.25, 0.3) is 0 Å². The molecule has 32 heavy (non-hydrogen) atoms. The zero-order valence-corrected chi connectivity index (χ0v) is 18.9. The summed E-state index contributed by atoms with van der Waals surface area (Å²) in [6, 6.07) is 13.8. The highest BCUT2D eigenvalue weighted by atomic mass is 35.5. The molecule has 4 rings (SSSR count). The number of anilines is 2. The molecule has 1 atom stereocenters. The molecule has 1 amide bonds. The molecule has 7 heteroatoms. The number of halogens is 1. The van der Waals surface area contributed by atoms with Crippen molar-refractivity contribution in [2.45, 2.75) is 19.3 Å². The van der Waals surface area contributed by atoms with Gasteiger partial charge in [-0.3, -0.25) is 4.79 Å². The van der Waals surface area contributed by atoms with Crippen LogP contribution in [0.1, 0.15) is 18.4 Å². The first kappa shape index (κ1) is 22.5. The fraction of sp³-hybridized carbons (Fsp3) is 0.400. The van der Waals surface area contributed by atoms with Gasteiger partial charge in [0.05, 0.1) is 12.9 Å². The van der Waals surface area contributed by atoms with Crippen molar-refractivity contribution < 1.29 is 14.6 Å². The lowest BCUT2D eigenvalue weighted by atomic mass is 10.0. The molecule has 2 aliphatic rings. The fourth-order valence-corrected chi connectivity index (χ4v) is 4.46. The number of nitrogens with one attached hydrogen (secondary N) is 1. The molecular formula is C25H30ClN3O3. The van der Waals surface area contributed by atoms with Crippen molar-refractivity contribution in [3.05, 3.63) is 65.4 Å². The summed E-state index contributed by atoms with van der Waals surface area (Å²) in [4.78, 5) is 16.4. The standard InChI is InChI=1S/C25H30ClN3O3/c26-21-3-5-22(6-4-21)29-12-1-11-28(13-14-29)17-19(10-15-30)18-32-23-7-8-24-20(16-23)2-9-25(31)27-24/h3-8,10,15-16,19,30H,1-2,9,11-14,17-18H2,(H,27,31). The maximum absolute atomic E-state index is 11.5. The van der Waals surface area contributed by atoms with Crippen LogP contribution in [0, 0.1) is 5.92 Å².